The van der Waals surface area contributed by atoms with Gasteiger partial charge in [-0.2, -0.15) is 17.4 Å². The van der Waals surface area contributed by atoms with Crippen molar-refractivity contribution in [3.63, 3.8) is 0 Å². The summed E-state index contributed by atoms with van der Waals surface area (Å²) in [5.74, 6) is -1.14. The summed E-state index contributed by atoms with van der Waals surface area (Å²) in [5, 5.41) is 8.95. The third-order valence-corrected chi connectivity index (χ3v) is 4.11. The molecule has 0 aliphatic carbocycles. The van der Waals surface area contributed by atoms with Crippen LogP contribution in [0.5, 0.6) is 0 Å². The molecular formula is C10H12N2O4S. The van der Waals surface area contributed by atoms with E-state index < -0.39 is 22.2 Å². The van der Waals surface area contributed by atoms with Gasteiger partial charge in [0.2, 0.25) is 0 Å². The minimum Gasteiger partial charge on any atom is -0.480 e. The Labute approximate surface area is 99.0 Å². The van der Waals surface area contributed by atoms with E-state index in [0.29, 0.717) is 0 Å². The predicted octanol–water partition coefficient (Wildman–Crippen LogP) is -0.210. The molecule has 1 aromatic carbocycles. The molecule has 0 spiro atoms. The van der Waals surface area contributed by atoms with E-state index in [-0.39, 0.29) is 13.1 Å². The van der Waals surface area contributed by atoms with Crippen LogP contribution in [0, 0.1) is 0 Å². The van der Waals surface area contributed by atoms with E-state index in [0.717, 1.165) is 9.87 Å². The van der Waals surface area contributed by atoms with Gasteiger partial charge in [0.1, 0.15) is 6.04 Å². The SMILES string of the molecule is O=C(O)C1CNS(=O)(=O)N1Cc1ccccc1. The summed E-state index contributed by atoms with van der Waals surface area (Å²) < 4.78 is 26.4. The van der Waals surface area contributed by atoms with Crippen molar-refractivity contribution in [1.29, 1.82) is 0 Å². The zero-order valence-electron chi connectivity index (χ0n) is 8.91. The molecule has 1 aromatic rings. The predicted molar refractivity (Wildman–Crippen MR) is 60.3 cm³/mol. The molecule has 1 heterocycles. The molecule has 0 aromatic heterocycles. The van der Waals surface area contributed by atoms with Gasteiger partial charge in [0.25, 0.3) is 10.2 Å². The number of nitrogens with one attached hydrogen (secondary N) is 1. The third-order valence-electron chi connectivity index (χ3n) is 2.58. The molecule has 1 saturated heterocycles. The van der Waals surface area contributed by atoms with Crippen LogP contribution in [-0.2, 0) is 21.5 Å². The van der Waals surface area contributed by atoms with Gasteiger partial charge in [-0.3, -0.25) is 4.79 Å². The molecule has 1 unspecified atom stereocenters. The average molecular weight is 256 g/mol. The van der Waals surface area contributed by atoms with Gasteiger partial charge in [-0.05, 0) is 5.56 Å². The molecule has 92 valence electrons. The Kier molecular flexibility index (Phi) is 3.14. The zero-order valence-corrected chi connectivity index (χ0v) is 9.72. The molecule has 0 saturated carbocycles. The number of carbonyl (C=O) groups is 1. The Morgan fingerprint density at radius 1 is 1.41 bits per heavy atom. The van der Waals surface area contributed by atoms with Crippen LogP contribution in [0.15, 0.2) is 30.3 Å². The van der Waals surface area contributed by atoms with Gasteiger partial charge < -0.3 is 5.11 Å². The van der Waals surface area contributed by atoms with Crippen molar-refractivity contribution in [2.24, 2.45) is 0 Å². The smallest absolute Gasteiger partial charge is 0.323 e. The molecule has 7 heteroatoms. The lowest BCUT2D eigenvalue weighted by atomic mass is 10.2. The normalized spacial score (nSPS) is 23.6. The van der Waals surface area contributed by atoms with Gasteiger partial charge in [-0.15, -0.1) is 0 Å². The molecule has 0 bridgehead atoms. The Morgan fingerprint density at radius 2 is 2.06 bits per heavy atom. The van der Waals surface area contributed by atoms with Crippen molar-refractivity contribution < 1.29 is 18.3 Å². The number of nitrogens with zero attached hydrogens (tertiary/aromatic N) is 1. The topological polar surface area (TPSA) is 86.7 Å². The molecule has 1 atom stereocenters. The van der Waals surface area contributed by atoms with E-state index in [2.05, 4.69) is 4.72 Å². The van der Waals surface area contributed by atoms with Gasteiger partial charge >= 0.3 is 5.97 Å². The molecule has 1 aliphatic heterocycles. The molecule has 6 nitrogen and oxygen atoms in total. The first-order chi connectivity index (χ1) is 8.00. The lowest BCUT2D eigenvalue weighted by molar-refractivity contribution is -0.140. The number of rotatable bonds is 3. The fourth-order valence-electron chi connectivity index (χ4n) is 1.71. The van der Waals surface area contributed by atoms with Crippen molar-refractivity contribution in [2.45, 2.75) is 12.6 Å². The van der Waals surface area contributed by atoms with Crippen molar-refractivity contribution in [1.82, 2.24) is 9.03 Å². The number of carboxylic acid groups (broad SMARTS) is 1. The fourth-order valence-corrected chi connectivity index (χ4v) is 3.06. The summed E-state index contributed by atoms with van der Waals surface area (Å²) in [6, 6.07) is 7.84. The quantitative estimate of drug-likeness (QED) is 0.783. The number of aliphatic carboxylic acids is 1. The highest BCUT2D eigenvalue weighted by atomic mass is 32.2. The van der Waals surface area contributed by atoms with E-state index in [9.17, 15) is 13.2 Å². The molecule has 1 aliphatic rings. The second kappa shape index (κ2) is 4.44. The summed E-state index contributed by atoms with van der Waals surface area (Å²) in [4.78, 5) is 10.9. The Hall–Kier alpha value is -1.44. The maximum absolute atomic E-state index is 11.6. The molecule has 2 N–H and O–H groups in total. The van der Waals surface area contributed by atoms with Crippen LogP contribution in [0.2, 0.25) is 0 Å². The minimum atomic E-state index is -3.68. The summed E-state index contributed by atoms with van der Waals surface area (Å²) in [6.45, 7) is -0.0301. The van der Waals surface area contributed by atoms with E-state index in [1.807, 2.05) is 6.07 Å². The number of benzene rings is 1. The second-order valence-electron chi connectivity index (χ2n) is 3.74. The highest BCUT2D eigenvalue weighted by Crippen LogP contribution is 2.17. The van der Waals surface area contributed by atoms with E-state index >= 15 is 0 Å². The lowest BCUT2D eigenvalue weighted by Gasteiger charge is -2.18. The van der Waals surface area contributed by atoms with Crippen LogP contribution in [0.4, 0.5) is 0 Å². The number of hydrogen-bond acceptors (Lipinski definition) is 3. The summed E-state index contributed by atoms with van der Waals surface area (Å²) in [5.41, 5.74) is 0.756. The van der Waals surface area contributed by atoms with E-state index in [4.69, 9.17) is 5.11 Å². The number of carboxylic acids is 1. The van der Waals surface area contributed by atoms with Crippen LogP contribution in [-0.4, -0.2) is 36.4 Å². The van der Waals surface area contributed by atoms with Gasteiger partial charge in [-0.25, -0.2) is 0 Å². The maximum atomic E-state index is 11.6. The van der Waals surface area contributed by atoms with Crippen molar-refractivity contribution in [3.8, 4) is 0 Å². The summed E-state index contributed by atoms with van der Waals surface area (Å²) in [6.07, 6.45) is 0. The Bertz CT molecular complexity index is 514. The molecule has 0 radical (unpaired) electrons. The monoisotopic (exact) mass is 256 g/mol. The second-order valence-corrected chi connectivity index (χ2v) is 5.45. The van der Waals surface area contributed by atoms with Crippen molar-refractivity contribution in [3.05, 3.63) is 35.9 Å². The van der Waals surface area contributed by atoms with Crippen LogP contribution in [0.1, 0.15) is 5.56 Å². The molecular weight excluding hydrogens is 244 g/mol. The molecule has 2 rings (SSSR count). The Morgan fingerprint density at radius 3 is 2.65 bits per heavy atom. The molecule has 17 heavy (non-hydrogen) atoms. The van der Waals surface area contributed by atoms with Gasteiger partial charge in [0.05, 0.1) is 0 Å². The first kappa shape index (κ1) is 12.0. The zero-order chi connectivity index (χ0) is 12.5. The summed E-state index contributed by atoms with van der Waals surface area (Å²) >= 11 is 0. The van der Waals surface area contributed by atoms with Gasteiger partial charge in [-0.1, -0.05) is 30.3 Å². The molecule has 0 amide bonds. The maximum Gasteiger partial charge on any atom is 0.323 e. The highest BCUT2D eigenvalue weighted by molar-refractivity contribution is 7.87. The van der Waals surface area contributed by atoms with Crippen LogP contribution in [0.3, 0.4) is 0 Å². The van der Waals surface area contributed by atoms with Crippen LogP contribution in [0.25, 0.3) is 0 Å². The highest BCUT2D eigenvalue weighted by Gasteiger charge is 2.41. The largest absolute Gasteiger partial charge is 0.480 e. The average Bonchev–Trinajstić information content (AvgIpc) is 2.56. The van der Waals surface area contributed by atoms with Gasteiger partial charge in [0, 0.05) is 13.1 Å². The molecule has 1 fully saturated rings. The lowest BCUT2D eigenvalue weighted by Crippen LogP contribution is -2.39. The first-order valence-corrected chi connectivity index (χ1v) is 6.48. The van der Waals surface area contributed by atoms with Gasteiger partial charge in [0.15, 0.2) is 0 Å². The van der Waals surface area contributed by atoms with Crippen LogP contribution >= 0.6 is 0 Å². The first-order valence-electron chi connectivity index (χ1n) is 5.04. The standard InChI is InChI=1S/C10H12N2O4S/c13-10(14)9-6-11-17(15,16)12(9)7-8-4-2-1-3-5-8/h1-5,9,11H,6-7H2,(H,13,14). The summed E-state index contributed by atoms with van der Waals surface area (Å²) in [7, 11) is -3.68. The number of hydrogen-bond donors (Lipinski definition) is 2. The Balaban J connectivity index is 2.25. The van der Waals surface area contributed by atoms with Crippen molar-refractivity contribution in [2.75, 3.05) is 6.54 Å². The van der Waals surface area contributed by atoms with Crippen LogP contribution < -0.4 is 4.72 Å². The fraction of sp³-hybridized carbons (Fsp3) is 0.300. The van der Waals surface area contributed by atoms with E-state index in [1.54, 1.807) is 24.3 Å². The minimum absolute atomic E-state index is 0.0626. The van der Waals surface area contributed by atoms with Crippen molar-refractivity contribution >= 4 is 16.2 Å². The van der Waals surface area contributed by atoms with E-state index in [1.165, 1.54) is 0 Å². The third kappa shape index (κ3) is 2.46.